The van der Waals surface area contributed by atoms with Crippen molar-refractivity contribution < 1.29 is 18.4 Å². The number of rotatable bonds is 6. The monoisotopic (exact) mass is 348 g/mol. The first-order valence-corrected chi connectivity index (χ1v) is 7.71. The summed E-state index contributed by atoms with van der Waals surface area (Å²) in [5.41, 5.74) is 0.740. The van der Waals surface area contributed by atoms with Crippen molar-refractivity contribution in [3.8, 4) is 0 Å². The van der Waals surface area contributed by atoms with Gasteiger partial charge in [0.15, 0.2) is 0 Å². The Morgan fingerprint density at radius 3 is 2.32 bits per heavy atom. The van der Waals surface area contributed by atoms with E-state index in [1.807, 2.05) is 13.8 Å². The minimum Gasteiger partial charge on any atom is -0.350 e. The van der Waals surface area contributed by atoms with Crippen molar-refractivity contribution in [3.63, 3.8) is 0 Å². The van der Waals surface area contributed by atoms with Crippen molar-refractivity contribution in [2.24, 2.45) is 0 Å². The van der Waals surface area contributed by atoms with Crippen LogP contribution in [0.25, 0.3) is 0 Å². The summed E-state index contributed by atoms with van der Waals surface area (Å²) in [6, 6.07) is 2.71. The van der Waals surface area contributed by atoms with Gasteiger partial charge in [-0.25, -0.2) is 18.7 Å². The second-order valence-electron chi connectivity index (χ2n) is 5.61. The maximum atomic E-state index is 13.5. The predicted octanol–water partition coefficient (Wildman–Crippen LogP) is 2.04. The lowest BCUT2D eigenvalue weighted by atomic mass is 10.0. The molecule has 0 unspecified atom stereocenters. The Kier molecular flexibility index (Phi) is 6.10. The molecular weight excluding hydrogens is 330 g/mol. The Morgan fingerprint density at radius 2 is 1.72 bits per heavy atom. The molecule has 0 saturated heterocycles. The quantitative estimate of drug-likeness (QED) is 0.783. The van der Waals surface area contributed by atoms with E-state index in [0.29, 0.717) is 17.3 Å². The molecule has 25 heavy (non-hydrogen) atoms. The molecule has 1 heterocycles. The zero-order valence-electron chi connectivity index (χ0n) is 13.8. The molecule has 6 nitrogen and oxygen atoms in total. The fraction of sp³-hybridized carbons (Fsp3) is 0.294. The number of nitrogens with one attached hydrogen (secondary N) is 2. The van der Waals surface area contributed by atoms with Crippen LogP contribution in [0.1, 0.15) is 46.2 Å². The van der Waals surface area contributed by atoms with Gasteiger partial charge in [0.25, 0.3) is 11.8 Å². The number of halogens is 2. The molecule has 0 atom stereocenters. The Bertz CT molecular complexity index is 781. The summed E-state index contributed by atoms with van der Waals surface area (Å²) in [5, 5.41) is 5.09. The number of nitrogens with zero attached hydrogens (tertiary/aromatic N) is 2. The minimum atomic E-state index is -0.940. The van der Waals surface area contributed by atoms with E-state index in [-0.39, 0.29) is 30.5 Å². The van der Waals surface area contributed by atoms with E-state index >= 15 is 0 Å². The zero-order valence-corrected chi connectivity index (χ0v) is 13.8. The van der Waals surface area contributed by atoms with Crippen LogP contribution in [-0.4, -0.2) is 34.9 Å². The minimum absolute atomic E-state index is 0.0601. The maximum Gasteiger partial charge on any atom is 0.254 e. The van der Waals surface area contributed by atoms with E-state index in [1.165, 1.54) is 12.5 Å². The number of aromatic nitrogens is 2. The molecule has 0 fully saturated rings. The van der Waals surface area contributed by atoms with Gasteiger partial charge in [-0.15, -0.1) is 0 Å². The fourth-order valence-electron chi connectivity index (χ4n) is 2.19. The van der Waals surface area contributed by atoms with Crippen molar-refractivity contribution in [2.75, 3.05) is 13.1 Å². The van der Waals surface area contributed by atoms with E-state index in [9.17, 15) is 18.4 Å². The molecule has 1 aromatic carbocycles. The SMILES string of the molecule is CC(C)c1ncncc1C(=O)NCCNC(=O)c1ccc(F)cc1F. The van der Waals surface area contributed by atoms with Crippen LogP contribution in [0.4, 0.5) is 8.78 Å². The van der Waals surface area contributed by atoms with Gasteiger partial charge >= 0.3 is 0 Å². The molecule has 0 aliphatic heterocycles. The van der Waals surface area contributed by atoms with Gasteiger partial charge in [-0.05, 0) is 18.1 Å². The van der Waals surface area contributed by atoms with Gasteiger partial charge in [-0.3, -0.25) is 9.59 Å². The number of amides is 2. The highest BCUT2D eigenvalue weighted by Gasteiger charge is 2.15. The first-order valence-electron chi connectivity index (χ1n) is 7.71. The van der Waals surface area contributed by atoms with Gasteiger partial charge in [0.05, 0.1) is 16.8 Å². The molecular formula is C17H18F2N4O2. The topological polar surface area (TPSA) is 84.0 Å². The van der Waals surface area contributed by atoms with Crippen molar-refractivity contribution in [2.45, 2.75) is 19.8 Å². The van der Waals surface area contributed by atoms with Crippen LogP contribution in [0.2, 0.25) is 0 Å². The standard InChI is InChI=1S/C17H18F2N4O2/c1-10(2)15-13(8-20-9-23-15)17(25)22-6-5-21-16(24)12-4-3-11(18)7-14(12)19/h3-4,7-10H,5-6H2,1-2H3,(H,21,24)(H,22,25). The van der Waals surface area contributed by atoms with Gasteiger partial charge < -0.3 is 10.6 Å². The Morgan fingerprint density at radius 1 is 1.08 bits per heavy atom. The van der Waals surface area contributed by atoms with Crippen LogP contribution in [0, 0.1) is 11.6 Å². The maximum absolute atomic E-state index is 13.5. The molecule has 0 aliphatic rings. The second kappa shape index (κ2) is 8.27. The van der Waals surface area contributed by atoms with Gasteiger partial charge in [0, 0.05) is 25.4 Å². The van der Waals surface area contributed by atoms with Crippen molar-refractivity contribution in [1.82, 2.24) is 20.6 Å². The fourth-order valence-corrected chi connectivity index (χ4v) is 2.19. The lowest BCUT2D eigenvalue weighted by molar-refractivity contribution is 0.0924. The molecule has 2 amide bonds. The molecule has 1 aromatic heterocycles. The zero-order chi connectivity index (χ0) is 18.4. The highest BCUT2D eigenvalue weighted by Crippen LogP contribution is 2.15. The first kappa shape index (κ1) is 18.4. The van der Waals surface area contributed by atoms with Crippen molar-refractivity contribution in [3.05, 3.63) is 59.2 Å². The largest absolute Gasteiger partial charge is 0.350 e. The molecule has 0 radical (unpaired) electrons. The average Bonchev–Trinajstić information content (AvgIpc) is 2.58. The first-order chi connectivity index (χ1) is 11.9. The van der Waals surface area contributed by atoms with Crippen LogP contribution in [0.15, 0.2) is 30.7 Å². The summed E-state index contributed by atoms with van der Waals surface area (Å²) in [6.45, 7) is 4.05. The summed E-state index contributed by atoms with van der Waals surface area (Å²) in [7, 11) is 0. The van der Waals surface area contributed by atoms with E-state index in [4.69, 9.17) is 0 Å². The van der Waals surface area contributed by atoms with Crippen LogP contribution in [-0.2, 0) is 0 Å². The smallest absolute Gasteiger partial charge is 0.254 e. The Balaban J connectivity index is 1.87. The molecule has 0 saturated carbocycles. The van der Waals surface area contributed by atoms with Gasteiger partial charge in [0.1, 0.15) is 18.0 Å². The number of carbonyl (C=O) groups excluding carboxylic acids is 2. The molecule has 8 heteroatoms. The number of hydrogen-bond acceptors (Lipinski definition) is 4. The van der Waals surface area contributed by atoms with E-state index in [1.54, 1.807) is 0 Å². The van der Waals surface area contributed by atoms with Gasteiger partial charge in [-0.1, -0.05) is 13.8 Å². The van der Waals surface area contributed by atoms with Crippen LogP contribution >= 0.6 is 0 Å². The molecule has 0 bridgehead atoms. The number of benzene rings is 1. The summed E-state index contributed by atoms with van der Waals surface area (Å²) < 4.78 is 26.3. The lowest BCUT2D eigenvalue weighted by Crippen LogP contribution is -2.35. The van der Waals surface area contributed by atoms with Crippen LogP contribution < -0.4 is 10.6 Å². The summed E-state index contributed by atoms with van der Waals surface area (Å²) in [5.74, 6) is -2.68. The number of hydrogen-bond donors (Lipinski definition) is 2. The second-order valence-corrected chi connectivity index (χ2v) is 5.61. The van der Waals surface area contributed by atoms with Crippen molar-refractivity contribution >= 4 is 11.8 Å². The summed E-state index contributed by atoms with van der Waals surface area (Å²) in [6.07, 6.45) is 2.81. The molecule has 0 spiro atoms. The third-order valence-electron chi connectivity index (χ3n) is 3.41. The predicted molar refractivity (Wildman–Crippen MR) is 87.1 cm³/mol. The van der Waals surface area contributed by atoms with Gasteiger partial charge in [-0.2, -0.15) is 0 Å². The summed E-state index contributed by atoms with van der Waals surface area (Å²) >= 11 is 0. The normalized spacial score (nSPS) is 10.6. The highest BCUT2D eigenvalue weighted by atomic mass is 19.1. The average molecular weight is 348 g/mol. The van der Waals surface area contributed by atoms with Gasteiger partial charge in [0.2, 0.25) is 0 Å². The third kappa shape index (κ3) is 4.79. The molecule has 2 rings (SSSR count). The lowest BCUT2D eigenvalue weighted by Gasteiger charge is -2.11. The van der Waals surface area contributed by atoms with E-state index < -0.39 is 17.5 Å². The Labute approximate surface area is 143 Å². The molecule has 2 aromatic rings. The third-order valence-corrected chi connectivity index (χ3v) is 3.41. The molecule has 0 aliphatic carbocycles. The van der Waals surface area contributed by atoms with E-state index in [0.717, 1.165) is 12.1 Å². The van der Waals surface area contributed by atoms with Crippen LogP contribution in [0.5, 0.6) is 0 Å². The van der Waals surface area contributed by atoms with Crippen LogP contribution in [0.3, 0.4) is 0 Å². The molecule has 2 N–H and O–H groups in total. The van der Waals surface area contributed by atoms with Crippen molar-refractivity contribution in [1.29, 1.82) is 0 Å². The summed E-state index contributed by atoms with van der Waals surface area (Å²) in [4.78, 5) is 31.9. The number of carbonyl (C=O) groups is 2. The Hall–Kier alpha value is -2.90. The highest BCUT2D eigenvalue weighted by molar-refractivity contribution is 5.95. The van der Waals surface area contributed by atoms with E-state index in [2.05, 4.69) is 20.6 Å². The molecule has 132 valence electrons.